The summed E-state index contributed by atoms with van der Waals surface area (Å²) in [5.74, 6) is 0.555. The van der Waals surface area contributed by atoms with Crippen LogP contribution in [0.5, 0.6) is 11.5 Å². The molecule has 0 aliphatic carbocycles. The molecule has 2 aromatic rings. The summed E-state index contributed by atoms with van der Waals surface area (Å²) in [6, 6.07) is 6.98. The Balaban J connectivity index is 2.91. The van der Waals surface area contributed by atoms with Crippen molar-refractivity contribution in [3.63, 3.8) is 0 Å². The number of rotatable bonds is 0. The molecular weight excluding hydrogens is 406 g/mol. The van der Waals surface area contributed by atoms with Crippen LogP contribution >= 0.6 is 45.2 Å². The topological polar surface area (TPSA) is 40.5 Å². The number of phenols is 2. The number of fused-ring (bicyclic) bond motifs is 1. The van der Waals surface area contributed by atoms with Crippen molar-refractivity contribution in [3.8, 4) is 11.5 Å². The van der Waals surface area contributed by atoms with Crippen molar-refractivity contribution >= 4 is 56.0 Å². The normalized spacial score (nSPS) is 10.7. The molecule has 0 aliphatic rings. The molecule has 2 aromatic carbocycles. The third-order valence-corrected chi connectivity index (χ3v) is 3.90. The van der Waals surface area contributed by atoms with Crippen LogP contribution in [0.2, 0.25) is 0 Å². The quantitative estimate of drug-likeness (QED) is 0.652. The molecule has 0 heterocycles. The lowest BCUT2D eigenvalue weighted by molar-refractivity contribution is 0.468. The summed E-state index contributed by atoms with van der Waals surface area (Å²) in [4.78, 5) is 0. The number of benzene rings is 2. The molecule has 0 spiro atoms. The highest BCUT2D eigenvalue weighted by molar-refractivity contribution is 14.1. The largest absolute Gasteiger partial charge is 0.508 e. The van der Waals surface area contributed by atoms with Crippen molar-refractivity contribution in [2.24, 2.45) is 0 Å². The van der Waals surface area contributed by atoms with Gasteiger partial charge in [-0.15, -0.1) is 0 Å². The molecule has 72 valence electrons. The van der Waals surface area contributed by atoms with Gasteiger partial charge in [0, 0.05) is 0 Å². The highest BCUT2D eigenvalue weighted by Crippen LogP contribution is 2.34. The average molecular weight is 412 g/mol. The third-order valence-electron chi connectivity index (χ3n) is 1.99. The summed E-state index contributed by atoms with van der Waals surface area (Å²) >= 11 is 4.18. The van der Waals surface area contributed by atoms with Crippen molar-refractivity contribution in [1.82, 2.24) is 0 Å². The van der Waals surface area contributed by atoms with E-state index in [0.717, 1.165) is 17.9 Å². The molecule has 4 heteroatoms. The molecule has 0 aromatic heterocycles. The first-order valence-corrected chi connectivity index (χ1v) is 6.05. The van der Waals surface area contributed by atoms with Gasteiger partial charge in [-0.3, -0.25) is 0 Å². The molecule has 0 amide bonds. The maximum absolute atomic E-state index is 9.70. The van der Waals surface area contributed by atoms with E-state index < -0.39 is 0 Å². The van der Waals surface area contributed by atoms with Gasteiger partial charge in [0.15, 0.2) is 0 Å². The van der Waals surface area contributed by atoms with E-state index >= 15 is 0 Å². The standard InChI is InChI=1S/C10H6I2O2/c11-8-4-5-3-6(13)1-2-7(5)9(12)10(8)14/h1-4,13-14H. The smallest absolute Gasteiger partial charge is 0.142 e. The zero-order chi connectivity index (χ0) is 10.3. The molecule has 0 atom stereocenters. The molecule has 2 rings (SSSR count). The Hall–Kier alpha value is -0.240. The molecule has 0 saturated heterocycles. The molecule has 0 radical (unpaired) electrons. The van der Waals surface area contributed by atoms with Crippen molar-refractivity contribution in [1.29, 1.82) is 0 Å². The maximum atomic E-state index is 9.70. The number of aromatic hydroxyl groups is 2. The van der Waals surface area contributed by atoms with Gasteiger partial charge in [0.1, 0.15) is 11.5 Å². The molecule has 14 heavy (non-hydrogen) atoms. The Morgan fingerprint density at radius 3 is 2.43 bits per heavy atom. The fourth-order valence-electron chi connectivity index (χ4n) is 1.31. The van der Waals surface area contributed by atoms with E-state index in [4.69, 9.17) is 0 Å². The van der Waals surface area contributed by atoms with E-state index in [-0.39, 0.29) is 5.75 Å². The Morgan fingerprint density at radius 1 is 1.00 bits per heavy atom. The lowest BCUT2D eigenvalue weighted by Crippen LogP contribution is -1.83. The van der Waals surface area contributed by atoms with Crippen molar-refractivity contribution in [2.45, 2.75) is 0 Å². The van der Waals surface area contributed by atoms with Gasteiger partial charge in [0.05, 0.1) is 7.14 Å². The summed E-state index contributed by atoms with van der Waals surface area (Å²) in [6.07, 6.45) is 0. The van der Waals surface area contributed by atoms with Crippen LogP contribution in [-0.4, -0.2) is 10.2 Å². The van der Waals surface area contributed by atoms with Gasteiger partial charge >= 0.3 is 0 Å². The van der Waals surface area contributed by atoms with Gasteiger partial charge in [0.25, 0.3) is 0 Å². The minimum atomic E-state index is 0.245. The van der Waals surface area contributed by atoms with Gasteiger partial charge < -0.3 is 10.2 Å². The van der Waals surface area contributed by atoms with Crippen LogP contribution in [0, 0.1) is 7.14 Å². The van der Waals surface area contributed by atoms with Gasteiger partial charge in [-0.1, -0.05) is 0 Å². The Labute approximate surface area is 108 Å². The first kappa shape index (κ1) is 10.3. The van der Waals surface area contributed by atoms with Crippen LogP contribution in [0.3, 0.4) is 0 Å². The second-order valence-electron chi connectivity index (χ2n) is 2.93. The summed E-state index contributed by atoms with van der Waals surface area (Å²) in [5.41, 5.74) is 0. The minimum absolute atomic E-state index is 0.245. The lowest BCUT2D eigenvalue weighted by atomic mass is 10.1. The van der Waals surface area contributed by atoms with Crippen LogP contribution in [0.15, 0.2) is 24.3 Å². The van der Waals surface area contributed by atoms with Crippen LogP contribution in [0.1, 0.15) is 0 Å². The molecular formula is C10H6I2O2. The molecule has 2 N–H and O–H groups in total. The predicted octanol–water partition coefficient (Wildman–Crippen LogP) is 3.46. The maximum Gasteiger partial charge on any atom is 0.142 e. The van der Waals surface area contributed by atoms with Gasteiger partial charge in [0.2, 0.25) is 0 Å². The molecule has 0 aliphatic heterocycles. The number of hydrogen-bond donors (Lipinski definition) is 2. The van der Waals surface area contributed by atoms with Crippen LogP contribution in [0.4, 0.5) is 0 Å². The Bertz CT molecular complexity index is 509. The van der Waals surface area contributed by atoms with Crippen molar-refractivity contribution in [2.75, 3.05) is 0 Å². The van der Waals surface area contributed by atoms with Crippen molar-refractivity contribution < 1.29 is 10.2 Å². The van der Waals surface area contributed by atoms with E-state index in [1.807, 2.05) is 12.1 Å². The Morgan fingerprint density at radius 2 is 1.71 bits per heavy atom. The van der Waals surface area contributed by atoms with Crippen molar-refractivity contribution in [3.05, 3.63) is 31.4 Å². The monoisotopic (exact) mass is 412 g/mol. The number of hydrogen-bond acceptors (Lipinski definition) is 2. The van der Waals surface area contributed by atoms with Crippen LogP contribution < -0.4 is 0 Å². The lowest BCUT2D eigenvalue weighted by Gasteiger charge is -2.05. The molecule has 0 fully saturated rings. The Kier molecular flexibility index (Phi) is 2.74. The van der Waals surface area contributed by atoms with Crippen LogP contribution in [-0.2, 0) is 0 Å². The highest BCUT2D eigenvalue weighted by atomic mass is 127. The minimum Gasteiger partial charge on any atom is -0.508 e. The second kappa shape index (κ2) is 3.73. The van der Waals surface area contributed by atoms with E-state index in [1.165, 1.54) is 0 Å². The predicted molar refractivity (Wildman–Crippen MR) is 72.7 cm³/mol. The zero-order valence-corrected chi connectivity index (χ0v) is 11.3. The third kappa shape index (κ3) is 1.65. The van der Waals surface area contributed by atoms with E-state index in [1.54, 1.807) is 12.1 Å². The summed E-state index contributed by atoms with van der Waals surface area (Å²) in [7, 11) is 0. The van der Waals surface area contributed by atoms with E-state index in [9.17, 15) is 10.2 Å². The average Bonchev–Trinajstić information content (AvgIpc) is 2.14. The van der Waals surface area contributed by atoms with Gasteiger partial charge in [-0.25, -0.2) is 0 Å². The van der Waals surface area contributed by atoms with Gasteiger partial charge in [-0.05, 0) is 80.2 Å². The van der Waals surface area contributed by atoms with Gasteiger partial charge in [-0.2, -0.15) is 0 Å². The summed E-state index contributed by atoms with van der Waals surface area (Å²) in [5, 5.41) is 20.9. The summed E-state index contributed by atoms with van der Waals surface area (Å²) < 4.78 is 1.62. The fourth-order valence-corrected chi connectivity index (χ4v) is 3.21. The molecule has 0 unspecified atom stereocenters. The molecule has 0 saturated carbocycles. The zero-order valence-electron chi connectivity index (χ0n) is 6.96. The first-order chi connectivity index (χ1) is 6.59. The highest BCUT2D eigenvalue weighted by Gasteiger charge is 2.08. The van der Waals surface area contributed by atoms with E-state index in [2.05, 4.69) is 45.2 Å². The SMILES string of the molecule is Oc1ccc2c(I)c(O)c(I)cc2c1. The fraction of sp³-hybridized carbons (Fsp3) is 0. The van der Waals surface area contributed by atoms with E-state index in [0.29, 0.717) is 5.75 Å². The molecule has 2 nitrogen and oxygen atoms in total. The number of halogens is 2. The summed E-state index contributed by atoms with van der Waals surface area (Å²) in [6.45, 7) is 0. The first-order valence-electron chi connectivity index (χ1n) is 3.89. The van der Waals surface area contributed by atoms with Crippen LogP contribution in [0.25, 0.3) is 10.8 Å². The second-order valence-corrected chi connectivity index (χ2v) is 5.17. The molecule has 0 bridgehead atoms. The number of phenolic OH excluding ortho intramolecular Hbond substituents is 2.